The maximum absolute atomic E-state index is 12.8. The molecule has 1 aromatic rings. The summed E-state index contributed by atoms with van der Waals surface area (Å²) in [6.45, 7) is 4.88. The predicted octanol–water partition coefficient (Wildman–Crippen LogP) is 2.77. The van der Waals surface area contributed by atoms with Gasteiger partial charge in [-0.3, -0.25) is 0 Å². The van der Waals surface area contributed by atoms with Crippen molar-refractivity contribution < 1.29 is 18.1 Å². The summed E-state index contributed by atoms with van der Waals surface area (Å²) >= 11 is 0. The molecule has 0 unspecified atom stereocenters. The van der Waals surface area contributed by atoms with Crippen LogP contribution in [0.4, 0.5) is 18.9 Å². The van der Waals surface area contributed by atoms with Gasteiger partial charge in [-0.1, -0.05) is 18.2 Å². The van der Waals surface area contributed by atoms with E-state index in [0.717, 1.165) is 38.2 Å². The molecular weight excluding hydrogens is 301 g/mol. The van der Waals surface area contributed by atoms with Gasteiger partial charge in [0.25, 0.3) is 0 Å². The number of hydrogen-bond acceptors (Lipinski definition) is 1. The summed E-state index contributed by atoms with van der Waals surface area (Å²) in [6.07, 6.45) is 3.92. The molecule has 1 atom stereocenters. The third-order valence-electron chi connectivity index (χ3n) is 4.96. The van der Waals surface area contributed by atoms with E-state index in [-0.39, 0.29) is 0 Å². The number of allylic oxidation sites excluding steroid dienone is 2. The van der Waals surface area contributed by atoms with Crippen molar-refractivity contribution in [2.75, 3.05) is 37.6 Å². The van der Waals surface area contributed by atoms with Gasteiger partial charge in [0.2, 0.25) is 0 Å². The first kappa shape index (κ1) is 16.4. The summed E-state index contributed by atoms with van der Waals surface area (Å²) in [7, 11) is 0. The van der Waals surface area contributed by atoms with E-state index in [4.69, 9.17) is 0 Å². The number of alkyl halides is 3. The number of piperazine rings is 1. The lowest BCUT2D eigenvalue weighted by atomic mass is 9.94. The molecule has 1 N–H and O–H groups in total. The van der Waals surface area contributed by atoms with Crippen LogP contribution in [0.5, 0.6) is 0 Å². The van der Waals surface area contributed by atoms with Gasteiger partial charge in [0, 0.05) is 11.6 Å². The van der Waals surface area contributed by atoms with Crippen LogP contribution < -0.4 is 9.80 Å². The molecule has 0 saturated carbocycles. The first-order chi connectivity index (χ1) is 11.0. The highest BCUT2D eigenvalue weighted by molar-refractivity contribution is 5.49. The molecule has 1 aliphatic carbocycles. The molecular formula is C18H24F3N2+. The molecule has 1 saturated heterocycles. The van der Waals surface area contributed by atoms with Gasteiger partial charge >= 0.3 is 6.18 Å². The van der Waals surface area contributed by atoms with E-state index in [2.05, 4.69) is 17.1 Å². The standard InChI is InChI=1S/C18H23F3N2/c19-18(20,21)16-7-4-8-17(13-16)23-11-9-22(10-12-23)14-15-5-2-1-3-6-15/h1-2,4,7-8,13,15H,3,5-6,9-12,14H2/p+1/t15-/m1/s1. The van der Waals surface area contributed by atoms with E-state index < -0.39 is 11.7 Å². The lowest BCUT2D eigenvalue weighted by Gasteiger charge is -2.35. The average molecular weight is 325 g/mol. The number of hydrogen-bond donors (Lipinski definition) is 1. The quantitative estimate of drug-likeness (QED) is 0.840. The van der Waals surface area contributed by atoms with Gasteiger partial charge in [-0.05, 0) is 37.5 Å². The minimum absolute atomic E-state index is 0.557. The molecule has 1 heterocycles. The molecule has 1 aromatic carbocycles. The van der Waals surface area contributed by atoms with Gasteiger partial charge in [0.05, 0.1) is 38.3 Å². The van der Waals surface area contributed by atoms with Crippen LogP contribution in [0.15, 0.2) is 36.4 Å². The fraction of sp³-hybridized carbons (Fsp3) is 0.556. The van der Waals surface area contributed by atoms with Crippen LogP contribution in [0, 0.1) is 5.92 Å². The van der Waals surface area contributed by atoms with Crippen molar-refractivity contribution in [1.82, 2.24) is 0 Å². The van der Waals surface area contributed by atoms with Crippen molar-refractivity contribution in [3.8, 4) is 0 Å². The van der Waals surface area contributed by atoms with E-state index in [1.165, 1.54) is 37.9 Å². The largest absolute Gasteiger partial charge is 0.416 e. The zero-order chi connectivity index (χ0) is 16.3. The molecule has 23 heavy (non-hydrogen) atoms. The molecule has 2 nitrogen and oxygen atoms in total. The summed E-state index contributed by atoms with van der Waals surface area (Å²) in [5, 5.41) is 0. The molecule has 0 amide bonds. The maximum Gasteiger partial charge on any atom is 0.416 e. The van der Waals surface area contributed by atoms with Gasteiger partial charge in [-0.25, -0.2) is 0 Å². The summed E-state index contributed by atoms with van der Waals surface area (Å²) in [6, 6.07) is 5.70. The van der Waals surface area contributed by atoms with Crippen LogP contribution in [0.2, 0.25) is 0 Å². The number of rotatable bonds is 3. The Kier molecular flexibility index (Phi) is 4.95. The normalized spacial score (nSPS) is 23.3. The van der Waals surface area contributed by atoms with Crippen LogP contribution in [-0.2, 0) is 6.18 Å². The Bertz CT molecular complexity index is 545. The van der Waals surface area contributed by atoms with Crippen LogP contribution in [0.1, 0.15) is 24.8 Å². The Morgan fingerprint density at radius 2 is 1.91 bits per heavy atom. The molecule has 126 valence electrons. The van der Waals surface area contributed by atoms with E-state index in [1.54, 1.807) is 11.0 Å². The fourth-order valence-electron chi connectivity index (χ4n) is 3.61. The first-order valence-corrected chi connectivity index (χ1v) is 8.43. The molecule has 3 rings (SSSR count). The second kappa shape index (κ2) is 6.95. The van der Waals surface area contributed by atoms with Crippen molar-refractivity contribution in [2.45, 2.75) is 25.4 Å². The van der Waals surface area contributed by atoms with Crippen molar-refractivity contribution >= 4 is 5.69 Å². The minimum Gasteiger partial charge on any atom is -0.360 e. The van der Waals surface area contributed by atoms with Gasteiger partial charge in [-0.15, -0.1) is 0 Å². The third-order valence-corrected chi connectivity index (χ3v) is 4.96. The van der Waals surface area contributed by atoms with Gasteiger partial charge in [0.1, 0.15) is 0 Å². The second-order valence-corrected chi connectivity index (χ2v) is 6.64. The Labute approximate surface area is 135 Å². The smallest absolute Gasteiger partial charge is 0.360 e. The Balaban J connectivity index is 1.55. The monoisotopic (exact) mass is 325 g/mol. The van der Waals surface area contributed by atoms with Gasteiger partial charge in [0.15, 0.2) is 0 Å². The van der Waals surface area contributed by atoms with E-state index >= 15 is 0 Å². The number of quaternary nitrogens is 1. The van der Waals surface area contributed by atoms with Crippen molar-refractivity contribution in [3.05, 3.63) is 42.0 Å². The first-order valence-electron chi connectivity index (χ1n) is 8.43. The summed E-state index contributed by atoms with van der Waals surface area (Å²) in [5.74, 6) is 0.773. The number of benzene rings is 1. The van der Waals surface area contributed by atoms with Crippen LogP contribution >= 0.6 is 0 Å². The topological polar surface area (TPSA) is 7.68 Å². The molecule has 1 fully saturated rings. The van der Waals surface area contributed by atoms with E-state index in [1.807, 2.05) is 0 Å². The Morgan fingerprint density at radius 3 is 2.57 bits per heavy atom. The molecule has 1 aliphatic heterocycles. The predicted molar refractivity (Wildman–Crippen MR) is 85.7 cm³/mol. The summed E-state index contributed by atoms with van der Waals surface area (Å²) < 4.78 is 38.5. The highest BCUT2D eigenvalue weighted by atomic mass is 19.4. The lowest BCUT2D eigenvalue weighted by molar-refractivity contribution is -0.904. The number of nitrogens with one attached hydrogen (secondary N) is 1. The van der Waals surface area contributed by atoms with Crippen molar-refractivity contribution in [3.63, 3.8) is 0 Å². The fourth-order valence-corrected chi connectivity index (χ4v) is 3.61. The zero-order valence-corrected chi connectivity index (χ0v) is 13.3. The van der Waals surface area contributed by atoms with E-state index in [0.29, 0.717) is 5.69 Å². The maximum atomic E-state index is 12.8. The van der Waals surface area contributed by atoms with Gasteiger partial charge < -0.3 is 9.80 Å². The molecule has 0 bridgehead atoms. The van der Waals surface area contributed by atoms with Crippen molar-refractivity contribution in [1.29, 1.82) is 0 Å². The minimum atomic E-state index is -4.27. The number of anilines is 1. The zero-order valence-electron chi connectivity index (χ0n) is 13.3. The van der Waals surface area contributed by atoms with E-state index in [9.17, 15) is 13.2 Å². The molecule has 0 aromatic heterocycles. The Hall–Kier alpha value is -1.49. The number of halogens is 3. The second-order valence-electron chi connectivity index (χ2n) is 6.64. The lowest BCUT2D eigenvalue weighted by Crippen LogP contribution is -3.15. The number of nitrogens with zero attached hydrogens (tertiary/aromatic N) is 1. The summed E-state index contributed by atoms with van der Waals surface area (Å²) in [4.78, 5) is 3.67. The summed E-state index contributed by atoms with van der Waals surface area (Å²) in [5.41, 5.74) is 0.137. The molecule has 2 aliphatic rings. The van der Waals surface area contributed by atoms with Crippen LogP contribution in [-0.4, -0.2) is 32.7 Å². The third kappa shape index (κ3) is 4.28. The molecule has 0 spiro atoms. The highest BCUT2D eigenvalue weighted by Gasteiger charge is 2.31. The highest BCUT2D eigenvalue weighted by Crippen LogP contribution is 2.31. The van der Waals surface area contributed by atoms with Crippen LogP contribution in [0.3, 0.4) is 0 Å². The Morgan fingerprint density at radius 1 is 1.13 bits per heavy atom. The SMILES string of the molecule is FC(F)(F)c1cccc(N2CC[NH+](C[C@@H]3CC=CCC3)CC2)c1. The van der Waals surface area contributed by atoms with Crippen molar-refractivity contribution in [2.24, 2.45) is 5.92 Å². The average Bonchev–Trinajstić information content (AvgIpc) is 2.56. The van der Waals surface area contributed by atoms with Gasteiger partial charge in [-0.2, -0.15) is 13.2 Å². The molecule has 5 heteroatoms. The molecule has 0 radical (unpaired) electrons. The van der Waals surface area contributed by atoms with Crippen LogP contribution in [0.25, 0.3) is 0 Å².